The number of nitrogens with zero attached hydrogens (tertiary/aromatic N) is 1. The third-order valence-corrected chi connectivity index (χ3v) is 5.23. The highest BCUT2D eigenvalue weighted by molar-refractivity contribution is 5.69. The summed E-state index contributed by atoms with van der Waals surface area (Å²) >= 11 is 0. The average Bonchev–Trinajstić information content (AvgIpc) is 3.45. The van der Waals surface area contributed by atoms with Gasteiger partial charge in [0, 0.05) is 30.5 Å². The number of ether oxygens (including phenoxy) is 1. The molecule has 25 heavy (non-hydrogen) atoms. The largest absolute Gasteiger partial charge is 0.444 e. The van der Waals surface area contributed by atoms with E-state index in [9.17, 15) is 4.79 Å². The van der Waals surface area contributed by atoms with Crippen LogP contribution in [0.1, 0.15) is 58.4 Å². The van der Waals surface area contributed by atoms with Gasteiger partial charge in [-0.3, -0.25) is 0 Å². The van der Waals surface area contributed by atoms with Gasteiger partial charge >= 0.3 is 6.09 Å². The Hall–Kier alpha value is -1.55. The predicted molar refractivity (Wildman–Crippen MR) is 101 cm³/mol. The first-order chi connectivity index (χ1) is 11.8. The summed E-state index contributed by atoms with van der Waals surface area (Å²) < 4.78 is 5.73. The molecule has 2 aliphatic carbocycles. The van der Waals surface area contributed by atoms with Gasteiger partial charge in [0.15, 0.2) is 0 Å². The van der Waals surface area contributed by atoms with Crippen LogP contribution in [0.3, 0.4) is 0 Å². The van der Waals surface area contributed by atoms with Gasteiger partial charge in [-0.25, -0.2) is 4.79 Å². The molecule has 0 spiro atoms. The molecule has 0 heterocycles. The normalized spacial score (nSPS) is 23.8. The smallest absolute Gasteiger partial charge is 0.410 e. The van der Waals surface area contributed by atoms with Gasteiger partial charge in [0.25, 0.3) is 0 Å². The molecule has 3 rings (SSSR count). The van der Waals surface area contributed by atoms with Crippen LogP contribution in [0.5, 0.6) is 0 Å². The van der Waals surface area contributed by atoms with Crippen molar-refractivity contribution in [1.29, 1.82) is 0 Å². The second-order valence-corrected chi connectivity index (χ2v) is 8.71. The van der Waals surface area contributed by atoms with Gasteiger partial charge in [-0.05, 0) is 52.1 Å². The fourth-order valence-corrected chi connectivity index (χ4v) is 3.54. The maximum atomic E-state index is 12.9. The maximum Gasteiger partial charge on any atom is 0.410 e. The zero-order valence-electron chi connectivity index (χ0n) is 16.0. The molecule has 2 fully saturated rings. The molecule has 0 radical (unpaired) electrons. The number of hydrogen-bond donors (Lipinski definition) is 1. The lowest BCUT2D eigenvalue weighted by atomic mass is 10.1. The van der Waals surface area contributed by atoms with Crippen LogP contribution in [0, 0.1) is 5.41 Å². The molecule has 0 bridgehead atoms. The van der Waals surface area contributed by atoms with Crippen molar-refractivity contribution in [2.45, 2.75) is 64.5 Å². The third-order valence-electron chi connectivity index (χ3n) is 5.23. The highest BCUT2D eigenvalue weighted by atomic mass is 16.6. The van der Waals surface area contributed by atoms with Crippen molar-refractivity contribution in [3.05, 3.63) is 35.9 Å². The minimum Gasteiger partial charge on any atom is -0.444 e. The second-order valence-electron chi connectivity index (χ2n) is 8.71. The van der Waals surface area contributed by atoms with Crippen molar-refractivity contribution < 1.29 is 9.53 Å². The molecule has 0 aromatic heterocycles. The molecule has 0 aliphatic heterocycles. The minimum absolute atomic E-state index is 0.154. The first-order valence-electron chi connectivity index (χ1n) is 9.59. The summed E-state index contributed by atoms with van der Waals surface area (Å²) in [6, 6.07) is 10.8. The van der Waals surface area contributed by atoms with E-state index in [1.807, 2.05) is 31.7 Å². The van der Waals surface area contributed by atoms with Crippen LogP contribution < -0.4 is 5.32 Å². The van der Waals surface area contributed by atoms with Crippen molar-refractivity contribution in [2.24, 2.45) is 5.41 Å². The highest BCUT2D eigenvalue weighted by Crippen LogP contribution is 2.50. The number of carbonyl (C=O) groups is 1. The zero-order chi connectivity index (χ0) is 18.1. The lowest BCUT2D eigenvalue weighted by molar-refractivity contribution is 0.0188. The Kier molecular flexibility index (Phi) is 5.10. The van der Waals surface area contributed by atoms with Crippen molar-refractivity contribution in [1.82, 2.24) is 10.2 Å². The molecular weight excluding hydrogens is 312 g/mol. The molecule has 138 valence electrons. The number of benzene rings is 1. The summed E-state index contributed by atoms with van der Waals surface area (Å²) in [5.41, 5.74) is 1.12. The molecular formula is C21H32N2O2. The standard InChI is InChI=1S/C21H32N2O2/c1-5-22-14-21(11-12-21)15-23(19(24)25-20(2,3)4)18-13-17(18)16-9-7-6-8-10-16/h6-10,17-18,22H,5,11-15H2,1-4H3/t17?,18-/m0/s1. The molecule has 1 amide bonds. The van der Waals surface area contributed by atoms with Gasteiger partial charge in [0.2, 0.25) is 0 Å². The molecule has 1 N–H and O–H groups in total. The molecule has 2 atom stereocenters. The molecule has 4 nitrogen and oxygen atoms in total. The van der Waals surface area contributed by atoms with E-state index in [-0.39, 0.29) is 17.6 Å². The van der Waals surface area contributed by atoms with E-state index in [0.717, 1.165) is 26.1 Å². The quantitative estimate of drug-likeness (QED) is 0.807. The Morgan fingerprint density at radius 2 is 1.96 bits per heavy atom. The van der Waals surface area contributed by atoms with E-state index in [1.54, 1.807) is 0 Å². The van der Waals surface area contributed by atoms with Crippen LogP contribution in [-0.4, -0.2) is 42.3 Å². The van der Waals surface area contributed by atoms with Crippen molar-refractivity contribution in [3.8, 4) is 0 Å². The van der Waals surface area contributed by atoms with Crippen LogP contribution in [0.4, 0.5) is 4.79 Å². The van der Waals surface area contributed by atoms with E-state index in [4.69, 9.17) is 4.74 Å². The molecule has 2 aliphatic rings. The molecule has 1 aromatic carbocycles. The topological polar surface area (TPSA) is 41.6 Å². The van der Waals surface area contributed by atoms with E-state index in [1.165, 1.54) is 18.4 Å². The maximum absolute atomic E-state index is 12.9. The van der Waals surface area contributed by atoms with Crippen molar-refractivity contribution in [3.63, 3.8) is 0 Å². The molecule has 4 heteroatoms. The van der Waals surface area contributed by atoms with E-state index < -0.39 is 5.60 Å². The third kappa shape index (κ3) is 4.75. The zero-order valence-corrected chi connectivity index (χ0v) is 16.0. The Labute approximate surface area is 151 Å². The molecule has 0 saturated heterocycles. The summed E-state index contributed by atoms with van der Waals surface area (Å²) in [4.78, 5) is 14.9. The molecule has 2 saturated carbocycles. The Bertz CT molecular complexity index is 590. The van der Waals surface area contributed by atoms with E-state index in [0.29, 0.717) is 5.92 Å². The van der Waals surface area contributed by atoms with Crippen LogP contribution >= 0.6 is 0 Å². The highest BCUT2D eigenvalue weighted by Gasteiger charge is 2.51. The van der Waals surface area contributed by atoms with Gasteiger partial charge in [-0.15, -0.1) is 0 Å². The monoisotopic (exact) mass is 344 g/mol. The predicted octanol–water partition coefficient (Wildman–Crippen LogP) is 4.17. The van der Waals surface area contributed by atoms with Crippen LogP contribution in [0.15, 0.2) is 30.3 Å². The van der Waals surface area contributed by atoms with E-state index in [2.05, 4.69) is 36.5 Å². The first kappa shape index (κ1) is 18.2. The number of hydrogen-bond acceptors (Lipinski definition) is 3. The number of carbonyl (C=O) groups excluding carboxylic acids is 1. The fraction of sp³-hybridized carbons (Fsp3) is 0.667. The van der Waals surface area contributed by atoms with Crippen LogP contribution in [-0.2, 0) is 4.74 Å². The van der Waals surface area contributed by atoms with Crippen LogP contribution in [0.25, 0.3) is 0 Å². The number of rotatable bonds is 7. The summed E-state index contributed by atoms with van der Waals surface area (Å²) in [6.45, 7) is 10.7. The summed E-state index contributed by atoms with van der Waals surface area (Å²) in [5, 5.41) is 3.47. The van der Waals surface area contributed by atoms with Gasteiger partial charge < -0.3 is 15.0 Å². The van der Waals surface area contributed by atoms with Gasteiger partial charge in [0.05, 0.1) is 0 Å². The van der Waals surface area contributed by atoms with Gasteiger partial charge in [-0.2, -0.15) is 0 Å². The first-order valence-corrected chi connectivity index (χ1v) is 9.59. The summed E-state index contributed by atoms with van der Waals surface area (Å²) in [6.07, 6.45) is 3.28. The van der Waals surface area contributed by atoms with Gasteiger partial charge in [0.1, 0.15) is 5.60 Å². The second kappa shape index (κ2) is 6.99. The molecule has 1 aromatic rings. The average molecular weight is 344 g/mol. The summed E-state index contributed by atoms with van der Waals surface area (Å²) in [5.74, 6) is 0.448. The lowest BCUT2D eigenvalue weighted by Gasteiger charge is -2.31. The fourth-order valence-electron chi connectivity index (χ4n) is 3.54. The SMILES string of the molecule is CCNCC1(CN(C(=O)OC(C)(C)C)[C@H]2CC2c2ccccc2)CC1. The molecule has 1 unspecified atom stereocenters. The van der Waals surface area contributed by atoms with E-state index >= 15 is 0 Å². The van der Waals surface area contributed by atoms with Gasteiger partial charge in [-0.1, -0.05) is 37.3 Å². The summed E-state index contributed by atoms with van der Waals surface area (Å²) in [7, 11) is 0. The van der Waals surface area contributed by atoms with Crippen molar-refractivity contribution in [2.75, 3.05) is 19.6 Å². The van der Waals surface area contributed by atoms with Crippen molar-refractivity contribution >= 4 is 6.09 Å². The lowest BCUT2D eigenvalue weighted by Crippen LogP contribution is -2.44. The number of nitrogens with one attached hydrogen (secondary N) is 1. The minimum atomic E-state index is -0.454. The van der Waals surface area contributed by atoms with Crippen LogP contribution in [0.2, 0.25) is 0 Å². The number of amides is 1. The Morgan fingerprint density at radius 3 is 2.52 bits per heavy atom. The Balaban J connectivity index is 1.71. The Morgan fingerprint density at radius 1 is 1.28 bits per heavy atom.